The molecule has 0 amide bonds. The molecule has 0 aliphatic rings. The lowest BCUT2D eigenvalue weighted by Gasteiger charge is -2.03. The van der Waals surface area contributed by atoms with E-state index in [9.17, 15) is 13.5 Å². The maximum Gasteiger partial charge on any atom is 0.199 e. The number of phenols is 1. The summed E-state index contributed by atoms with van der Waals surface area (Å²) in [5.41, 5.74) is 1.04. The molecule has 0 aromatic heterocycles. The van der Waals surface area contributed by atoms with Gasteiger partial charge < -0.3 is 5.11 Å². The average Bonchev–Trinajstić information content (AvgIpc) is 2.60. The monoisotopic (exact) mass is 338 g/mol. The predicted octanol–water partition coefficient (Wildman–Crippen LogP) is 4.88. The molecule has 0 saturated heterocycles. The third-order valence-corrected chi connectivity index (χ3v) is 4.85. The predicted molar refractivity (Wildman–Crippen MR) is 93.6 cm³/mol. The maximum atomic E-state index is 11.7. The molecule has 0 spiro atoms. The normalized spacial score (nSPS) is 11.8. The van der Waals surface area contributed by atoms with Crippen LogP contribution in [-0.4, -0.2) is 13.5 Å². The minimum Gasteiger partial charge on any atom is -0.508 e. The number of nitrogens with zero attached hydrogens (tertiary/aromatic N) is 2. The van der Waals surface area contributed by atoms with Gasteiger partial charge in [-0.15, -0.1) is 5.11 Å². The van der Waals surface area contributed by atoms with Crippen LogP contribution in [0.15, 0.2) is 87.8 Å². The van der Waals surface area contributed by atoms with Crippen molar-refractivity contribution in [2.75, 3.05) is 0 Å². The lowest BCUT2D eigenvalue weighted by molar-refractivity contribution is 0.476. The van der Waals surface area contributed by atoms with Crippen LogP contribution in [0.1, 0.15) is 0 Å². The maximum absolute atomic E-state index is 11.7. The zero-order valence-corrected chi connectivity index (χ0v) is 13.4. The van der Waals surface area contributed by atoms with Crippen LogP contribution >= 0.6 is 0 Å². The second-order valence-corrected chi connectivity index (χ2v) is 6.99. The van der Waals surface area contributed by atoms with Crippen LogP contribution in [-0.2, 0) is 9.84 Å². The highest BCUT2D eigenvalue weighted by Gasteiger charge is 2.08. The Labute approximate surface area is 139 Å². The summed E-state index contributed by atoms with van der Waals surface area (Å²) < 4.78 is 23.4. The van der Waals surface area contributed by atoms with Crippen LogP contribution in [0.25, 0.3) is 10.8 Å². The van der Waals surface area contributed by atoms with E-state index < -0.39 is 9.84 Å². The fourth-order valence-electron chi connectivity index (χ4n) is 2.27. The molecule has 0 fully saturated rings. The Morgan fingerprint density at radius 1 is 0.958 bits per heavy atom. The number of sulfone groups is 1. The fraction of sp³-hybridized carbons (Fsp3) is 0. The third-order valence-electron chi connectivity index (χ3n) is 3.48. The smallest absolute Gasteiger partial charge is 0.199 e. The van der Waals surface area contributed by atoms with Crippen LogP contribution in [0, 0.1) is 0 Å². The molecule has 6 heteroatoms. The first-order chi connectivity index (χ1) is 11.5. The van der Waals surface area contributed by atoms with Crippen molar-refractivity contribution >= 4 is 32.0 Å². The summed E-state index contributed by atoms with van der Waals surface area (Å²) in [6.45, 7) is 3.29. The second-order valence-electron chi connectivity index (χ2n) is 5.09. The number of hydrogen-bond donors (Lipinski definition) is 1. The van der Waals surface area contributed by atoms with Gasteiger partial charge in [0.25, 0.3) is 0 Å². The highest BCUT2D eigenvalue weighted by atomic mass is 32.2. The molecular weight excluding hydrogens is 324 g/mol. The van der Waals surface area contributed by atoms with E-state index >= 15 is 0 Å². The number of phenolic OH excluding ortho intramolecular Hbond substituents is 1. The van der Waals surface area contributed by atoms with E-state index in [0.29, 0.717) is 11.4 Å². The van der Waals surface area contributed by atoms with Gasteiger partial charge in [-0.25, -0.2) is 8.42 Å². The summed E-state index contributed by atoms with van der Waals surface area (Å²) in [6.07, 6.45) is 0. The molecular formula is C18H14N2O3S. The second kappa shape index (κ2) is 6.25. The minimum absolute atomic E-state index is 0.107. The lowest BCUT2D eigenvalue weighted by atomic mass is 10.1. The first-order valence-corrected chi connectivity index (χ1v) is 8.65. The Kier molecular flexibility index (Phi) is 4.14. The van der Waals surface area contributed by atoms with Crippen LogP contribution in [0.3, 0.4) is 0 Å². The van der Waals surface area contributed by atoms with E-state index in [2.05, 4.69) is 16.8 Å². The highest BCUT2D eigenvalue weighted by Crippen LogP contribution is 2.32. The van der Waals surface area contributed by atoms with Gasteiger partial charge in [-0.05, 0) is 35.7 Å². The van der Waals surface area contributed by atoms with Gasteiger partial charge in [0.2, 0.25) is 0 Å². The Bertz CT molecular complexity index is 1040. The van der Waals surface area contributed by atoms with E-state index in [4.69, 9.17) is 0 Å². The van der Waals surface area contributed by atoms with Crippen LogP contribution < -0.4 is 0 Å². The van der Waals surface area contributed by atoms with Crippen molar-refractivity contribution in [1.82, 2.24) is 0 Å². The zero-order valence-electron chi connectivity index (χ0n) is 12.6. The summed E-state index contributed by atoms with van der Waals surface area (Å²) in [6, 6.07) is 16.7. The largest absolute Gasteiger partial charge is 0.508 e. The molecule has 24 heavy (non-hydrogen) atoms. The van der Waals surface area contributed by atoms with Gasteiger partial charge in [-0.1, -0.05) is 30.8 Å². The van der Waals surface area contributed by atoms with Crippen molar-refractivity contribution in [3.05, 3.63) is 72.7 Å². The van der Waals surface area contributed by atoms with E-state index in [1.165, 1.54) is 18.2 Å². The molecule has 0 bridgehead atoms. The van der Waals surface area contributed by atoms with Crippen LogP contribution in [0.5, 0.6) is 5.75 Å². The molecule has 0 atom stereocenters. The topological polar surface area (TPSA) is 79.1 Å². The highest BCUT2D eigenvalue weighted by molar-refractivity contribution is 7.94. The number of benzene rings is 3. The van der Waals surface area contributed by atoms with Gasteiger partial charge in [-0.2, -0.15) is 5.11 Å². The molecule has 3 aromatic carbocycles. The van der Waals surface area contributed by atoms with Gasteiger partial charge in [0.15, 0.2) is 9.84 Å². The Hall–Kier alpha value is -2.99. The summed E-state index contributed by atoms with van der Waals surface area (Å²) in [7, 11) is -3.46. The molecule has 3 aromatic rings. The lowest BCUT2D eigenvalue weighted by Crippen LogP contribution is -1.94. The van der Waals surface area contributed by atoms with Crippen molar-refractivity contribution in [2.24, 2.45) is 10.2 Å². The van der Waals surface area contributed by atoms with Crippen molar-refractivity contribution in [1.29, 1.82) is 0 Å². The molecule has 3 rings (SSSR count). The van der Waals surface area contributed by atoms with Gasteiger partial charge in [0.1, 0.15) is 5.75 Å². The number of aromatic hydroxyl groups is 1. The van der Waals surface area contributed by atoms with Crippen molar-refractivity contribution in [2.45, 2.75) is 4.90 Å². The van der Waals surface area contributed by atoms with Crippen LogP contribution in [0.2, 0.25) is 0 Å². The molecule has 0 saturated carbocycles. The quantitative estimate of drug-likeness (QED) is 0.689. The average molecular weight is 338 g/mol. The van der Waals surface area contributed by atoms with E-state index in [1.807, 2.05) is 24.3 Å². The first kappa shape index (κ1) is 15.9. The molecule has 1 N–H and O–H groups in total. The minimum atomic E-state index is -3.46. The SMILES string of the molecule is C=CS(=O)(=O)c1ccc(N=Nc2cc(O)cc3ccccc23)cc1. The Balaban J connectivity index is 1.96. The van der Waals surface area contributed by atoms with Crippen molar-refractivity contribution in [3.8, 4) is 5.75 Å². The summed E-state index contributed by atoms with van der Waals surface area (Å²) >= 11 is 0. The zero-order chi connectivity index (χ0) is 17.2. The van der Waals surface area contributed by atoms with Crippen molar-refractivity contribution < 1.29 is 13.5 Å². The molecule has 0 aliphatic carbocycles. The molecule has 5 nitrogen and oxygen atoms in total. The van der Waals surface area contributed by atoms with Gasteiger partial charge >= 0.3 is 0 Å². The van der Waals surface area contributed by atoms with Gasteiger partial charge in [0.05, 0.1) is 16.3 Å². The Morgan fingerprint density at radius 3 is 2.38 bits per heavy atom. The number of hydrogen-bond acceptors (Lipinski definition) is 5. The molecule has 0 heterocycles. The standard InChI is InChI=1S/C18H14N2O3S/c1-2-24(22,23)16-9-7-14(8-10-16)19-20-18-12-15(21)11-13-5-3-4-6-17(13)18/h2-12,21H,1H2. The summed E-state index contributed by atoms with van der Waals surface area (Å²) in [4.78, 5) is 0.152. The summed E-state index contributed by atoms with van der Waals surface area (Å²) in [5.74, 6) is 0.107. The van der Waals surface area contributed by atoms with E-state index in [-0.39, 0.29) is 10.6 Å². The Morgan fingerprint density at radius 2 is 1.67 bits per heavy atom. The van der Waals surface area contributed by atoms with Gasteiger partial charge in [-0.3, -0.25) is 0 Å². The molecule has 120 valence electrons. The van der Waals surface area contributed by atoms with Crippen molar-refractivity contribution in [3.63, 3.8) is 0 Å². The molecule has 0 aliphatic heterocycles. The molecule has 0 unspecified atom stereocenters. The van der Waals surface area contributed by atoms with Gasteiger partial charge in [0, 0.05) is 16.9 Å². The fourth-order valence-corrected chi connectivity index (χ4v) is 2.98. The first-order valence-electron chi connectivity index (χ1n) is 7.11. The third kappa shape index (κ3) is 3.18. The van der Waals surface area contributed by atoms with Crippen LogP contribution in [0.4, 0.5) is 11.4 Å². The number of rotatable bonds is 4. The summed E-state index contributed by atoms with van der Waals surface area (Å²) in [5, 5.41) is 20.7. The van der Waals surface area contributed by atoms with E-state index in [0.717, 1.165) is 16.2 Å². The number of azo groups is 1. The van der Waals surface area contributed by atoms with E-state index in [1.54, 1.807) is 18.2 Å². The molecule has 0 radical (unpaired) electrons. The number of fused-ring (bicyclic) bond motifs is 1.